The van der Waals surface area contributed by atoms with Gasteiger partial charge in [0.25, 0.3) is 5.91 Å². The van der Waals surface area contributed by atoms with Gasteiger partial charge in [-0.1, -0.05) is 23.7 Å². The molecule has 0 saturated carbocycles. The normalized spacial score (nSPS) is 18.5. The van der Waals surface area contributed by atoms with Crippen LogP contribution in [0.4, 0.5) is 5.82 Å². The van der Waals surface area contributed by atoms with Gasteiger partial charge in [-0.05, 0) is 31.0 Å². The molecule has 9 heteroatoms. The fraction of sp³-hybridized carbons (Fsp3) is 0.353. The molecule has 2 aromatic rings. The maximum Gasteiger partial charge on any atom is 0.270 e. The van der Waals surface area contributed by atoms with Gasteiger partial charge in [0.1, 0.15) is 17.3 Å². The Morgan fingerprint density at radius 1 is 1.27 bits per heavy atom. The van der Waals surface area contributed by atoms with Gasteiger partial charge in [0.05, 0.1) is 11.5 Å². The van der Waals surface area contributed by atoms with Crippen LogP contribution in [0, 0.1) is 6.92 Å². The van der Waals surface area contributed by atoms with Gasteiger partial charge in [0.2, 0.25) is 0 Å². The molecule has 26 heavy (non-hydrogen) atoms. The average molecular weight is 395 g/mol. The Kier molecular flexibility index (Phi) is 5.43. The molecule has 1 amide bonds. The van der Waals surface area contributed by atoms with Crippen molar-refractivity contribution in [1.82, 2.24) is 15.3 Å². The van der Waals surface area contributed by atoms with Crippen molar-refractivity contribution < 1.29 is 13.2 Å². The van der Waals surface area contributed by atoms with E-state index in [1.165, 1.54) is 0 Å². The van der Waals surface area contributed by atoms with Crippen molar-refractivity contribution in [3.63, 3.8) is 0 Å². The number of anilines is 1. The molecule has 0 bridgehead atoms. The van der Waals surface area contributed by atoms with E-state index >= 15 is 0 Å². The highest BCUT2D eigenvalue weighted by molar-refractivity contribution is 7.91. The van der Waals surface area contributed by atoms with Gasteiger partial charge in [-0.15, -0.1) is 0 Å². The zero-order chi connectivity index (χ0) is 18.7. The Bertz CT molecular complexity index is 916. The number of carbonyl (C=O) groups excluding carboxylic acids is 1. The van der Waals surface area contributed by atoms with Crippen LogP contribution in [-0.2, 0) is 16.4 Å². The predicted molar refractivity (Wildman–Crippen MR) is 100 cm³/mol. The SMILES string of the molecule is Cc1nc(NCc2ccc(Cl)cc2)cc(C(=O)NC2CCS(=O)(=O)C2)n1. The molecule has 0 spiro atoms. The van der Waals surface area contributed by atoms with E-state index in [4.69, 9.17) is 11.6 Å². The third-order valence-corrected chi connectivity index (χ3v) is 6.05. The Hall–Kier alpha value is -2.19. The number of nitrogens with one attached hydrogen (secondary N) is 2. The van der Waals surface area contributed by atoms with Crippen LogP contribution >= 0.6 is 11.6 Å². The highest BCUT2D eigenvalue weighted by Gasteiger charge is 2.29. The minimum atomic E-state index is -3.05. The standard InChI is InChI=1S/C17H19ClN4O3S/c1-11-20-15(17(23)22-14-6-7-26(24,25)10-14)8-16(21-11)19-9-12-2-4-13(18)5-3-12/h2-5,8,14H,6-7,9-10H2,1H3,(H,22,23)(H,19,20,21). The lowest BCUT2D eigenvalue weighted by atomic mass is 10.2. The fourth-order valence-corrected chi connectivity index (χ4v) is 4.54. The van der Waals surface area contributed by atoms with Crippen LogP contribution in [0.3, 0.4) is 0 Å². The highest BCUT2D eigenvalue weighted by Crippen LogP contribution is 2.14. The number of rotatable bonds is 5. The number of halogens is 1. The van der Waals surface area contributed by atoms with Crippen LogP contribution in [0.1, 0.15) is 28.3 Å². The molecule has 0 radical (unpaired) electrons. The first kappa shape index (κ1) is 18.6. The lowest BCUT2D eigenvalue weighted by molar-refractivity contribution is 0.0935. The van der Waals surface area contributed by atoms with Crippen LogP contribution in [0.5, 0.6) is 0 Å². The molecule has 3 rings (SSSR count). The monoisotopic (exact) mass is 394 g/mol. The van der Waals surface area contributed by atoms with E-state index in [2.05, 4.69) is 20.6 Å². The molecule has 138 valence electrons. The van der Waals surface area contributed by atoms with Gasteiger partial charge in [0, 0.05) is 23.7 Å². The van der Waals surface area contributed by atoms with E-state index in [0.717, 1.165) is 5.56 Å². The first-order valence-corrected chi connectivity index (χ1v) is 10.4. The van der Waals surface area contributed by atoms with Crippen LogP contribution in [0.2, 0.25) is 5.02 Å². The van der Waals surface area contributed by atoms with Crippen molar-refractivity contribution in [1.29, 1.82) is 0 Å². The smallest absolute Gasteiger partial charge is 0.270 e. The molecule has 1 aliphatic rings. The fourth-order valence-electron chi connectivity index (χ4n) is 2.74. The molecule has 1 unspecified atom stereocenters. The van der Waals surface area contributed by atoms with Gasteiger partial charge in [-0.25, -0.2) is 18.4 Å². The third-order valence-electron chi connectivity index (χ3n) is 4.03. The second-order valence-corrected chi connectivity index (χ2v) is 8.90. The molecule has 0 aliphatic carbocycles. The Morgan fingerprint density at radius 3 is 2.65 bits per heavy atom. The number of hydrogen-bond acceptors (Lipinski definition) is 6. The van der Waals surface area contributed by atoms with Crippen molar-refractivity contribution in [2.24, 2.45) is 0 Å². The van der Waals surface area contributed by atoms with E-state index in [0.29, 0.717) is 29.6 Å². The Morgan fingerprint density at radius 2 is 2.00 bits per heavy atom. The van der Waals surface area contributed by atoms with E-state index in [-0.39, 0.29) is 23.2 Å². The zero-order valence-electron chi connectivity index (χ0n) is 14.2. The number of nitrogens with zero attached hydrogens (tertiary/aromatic N) is 2. The van der Waals surface area contributed by atoms with Crippen molar-refractivity contribution in [2.45, 2.75) is 25.9 Å². The van der Waals surface area contributed by atoms with Crippen LogP contribution in [0.15, 0.2) is 30.3 Å². The van der Waals surface area contributed by atoms with Crippen LogP contribution in [0.25, 0.3) is 0 Å². The van der Waals surface area contributed by atoms with Crippen molar-refractivity contribution in [3.8, 4) is 0 Å². The summed E-state index contributed by atoms with van der Waals surface area (Å²) in [6.45, 7) is 2.22. The number of aromatic nitrogens is 2. The topological polar surface area (TPSA) is 101 Å². The summed E-state index contributed by atoms with van der Waals surface area (Å²) in [7, 11) is -3.05. The number of aryl methyl sites for hydroxylation is 1. The molecular weight excluding hydrogens is 376 g/mol. The summed E-state index contributed by atoms with van der Waals surface area (Å²) in [5, 5.41) is 6.55. The summed E-state index contributed by atoms with van der Waals surface area (Å²) in [5.41, 5.74) is 1.23. The van der Waals surface area contributed by atoms with E-state index in [1.807, 2.05) is 12.1 Å². The molecule has 1 aromatic heterocycles. The molecule has 1 aromatic carbocycles. The van der Waals surface area contributed by atoms with Gasteiger partial charge in [-0.2, -0.15) is 0 Å². The summed E-state index contributed by atoms with van der Waals surface area (Å²) >= 11 is 5.87. The quantitative estimate of drug-likeness (QED) is 0.804. The number of sulfone groups is 1. The third kappa shape index (κ3) is 4.92. The first-order valence-electron chi connectivity index (χ1n) is 8.16. The van der Waals surface area contributed by atoms with Crippen LogP contribution < -0.4 is 10.6 Å². The van der Waals surface area contributed by atoms with Crippen molar-refractivity contribution in [3.05, 3.63) is 52.4 Å². The Labute approximate surface area is 157 Å². The minimum Gasteiger partial charge on any atom is -0.366 e. The second kappa shape index (κ2) is 7.59. The molecule has 2 heterocycles. The zero-order valence-corrected chi connectivity index (χ0v) is 15.8. The van der Waals surface area contributed by atoms with Gasteiger partial charge < -0.3 is 10.6 Å². The van der Waals surface area contributed by atoms with Gasteiger partial charge in [-0.3, -0.25) is 4.79 Å². The van der Waals surface area contributed by atoms with Gasteiger partial charge in [0.15, 0.2) is 9.84 Å². The summed E-state index contributed by atoms with van der Waals surface area (Å²) in [4.78, 5) is 20.8. The first-order chi connectivity index (χ1) is 12.3. The lowest BCUT2D eigenvalue weighted by Crippen LogP contribution is -2.36. The van der Waals surface area contributed by atoms with E-state index in [1.54, 1.807) is 25.1 Å². The maximum absolute atomic E-state index is 12.4. The number of benzene rings is 1. The summed E-state index contributed by atoms with van der Waals surface area (Å²) in [5.74, 6) is 0.665. The number of carbonyl (C=O) groups is 1. The maximum atomic E-state index is 12.4. The molecular formula is C17H19ClN4O3S. The molecule has 1 aliphatic heterocycles. The molecule has 1 fully saturated rings. The molecule has 1 atom stereocenters. The summed E-state index contributed by atoms with van der Waals surface area (Å²) in [6, 6.07) is 8.60. The van der Waals surface area contributed by atoms with Crippen LogP contribution in [-0.4, -0.2) is 41.8 Å². The van der Waals surface area contributed by atoms with Gasteiger partial charge >= 0.3 is 0 Å². The predicted octanol–water partition coefficient (Wildman–Crippen LogP) is 1.97. The number of hydrogen-bond donors (Lipinski definition) is 2. The molecule has 7 nitrogen and oxygen atoms in total. The lowest BCUT2D eigenvalue weighted by Gasteiger charge is -2.12. The largest absolute Gasteiger partial charge is 0.366 e. The summed E-state index contributed by atoms with van der Waals surface area (Å²) in [6.07, 6.45) is 0.430. The molecule has 2 N–H and O–H groups in total. The second-order valence-electron chi connectivity index (χ2n) is 6.24. The van der Waals surface area contributed by atoms with Crippen molar-refractivity contribution in [2.75, 3.05) is 16.8 Å². The Balaban J connectivity index is 1.66. The highest BCUT2D eigenvalue weighted by atomic mass is 35.5. The van der Waals surface area contributed by atoms with Crippen molar-refractivity contribution >= 4 is 33.2 Å². The number of amides is 1. The summed E-state index contributed by atoms with van der Waals surface area (Å²) < 4.78 is 23.0. The van der Waals surface area contributed by atoms with E-state index in [9.17, 15) is 13.2 Å². The minimum absolute atomic E-state index is 0.0233. The molecule has 1 saturated heterocycles. The van der Waals surface area contributed by atoms with E-state index < -0.39 is 15.7 Å². The average Bonchev–Trinajstić information content (AvgIpc) is 2.92.